The molecular formula is C22H20BrN3O. The number of hydrogen-bond acceptors (Lipinski definition) is 3. The Morgan fingerprint density at radius 3 is 2.56 bits per heavy atom. The van der Waals surface area contributed by atoms with E-state index in [1.807, 2.05) is 65.5 Å². The van der Waals surface area contributed by atoms with Gasteiger partial charge in [-0.25, -0.2) is 4.68 Å². The minimum Gasteiger partial charge on any atom is -0.294 e. The first-order valence-electron chi connectivity index (χ1n) is 8.91. The van der Waals surface area contributed by atoms with Gasteiger partial charge in [0.15, 0.2) is 5.78 Å². The molecule has 0 saturated heterocycles. The Morgan fingerprint density at radius 2 is 1.85 bits per heavy atom. The summed E-state index contributed by atoms with van der Waals surface area (Å²) in [5.41, 5.74) is 3.22. The van der Waals surface area contributed by atoms with Crippen LogP contribution in [0.5, 0.6) is 0 Å². The second-order valence-corrected chi connectivity index (χ2v) is 8.43. The second-order valence-electron chi connectivity index (χ2n) is 7.51. The van der Waals surface area contributed by atoms with Crippen molar-refractivity contribution in [2.24, 2.45) is 10.4 Å². The highest BCUT2D eigenvalue weighted by atomic mass is 79.9. The largest absolute Gasteiger partial charge is 0.294 e. The highest BCUT2D eigenvalue weighted by molar-refractivity contribution is 9.10. The summed E-state index contributed by atoms with van der Waals surface area (Å²) in [5.74, 6) is 0.132. The summed E-state index contributed by atoms with van der Waals surface area (Å²) in [4.78, 5) is 17.6. The smallest absolute Gasteiger partial charge is 0.167 e. The van der Waals surface area contributed by atoms with Gasteiger partial charge in [0.1, 0.15) is 0 Å². The first-order valence-corrected chi connectivity index (χ1v) is 9.70. The second kappa shape index (κ2) is 6.89. The third kappa shape index (κ3) is 3.39. The summed E-state index contributed by atoms with van der Waals surface area (Å²) in [5, 5.41) is 4.52. The number of benzene rings is 2. The molecule has 0 amide bonds. The predicted octanol–water partition coefficient (Wildman–Crippen LogP) is 5.41. The standard InChI is InChI=1S/C22H20BrN3O/c1-22(2)12-19(27)18-14-25-26(17-6-4-3-5-7-17)20(18)21(22)24-13-15-8-10-16(23)11-9-15/h3-11,13-14,21H,12H2,1-2H3. The van der Waals surface area contributed by atoms with Gasteiger partial charge in [0.25, 0.3) is 0 Å². The van der Waals surface area contributed by atoms with Gasteiger partial charge in [0, 0.05) is 22.5 Å². The van der Waals surface area contributed by atoms with Crippen LogP contribution in [0, 0.1) is 5.41 Å². The van der Waals surface area contributed by atoms with Crippen molar-refractivity contribution in [1.29, 1.82) is 0 Å². The Labute approximate surface area is 167 Å². The number of fused-ring (bicyclic) bond motifs is 1. The van der Waals surface area contributed by atoms with Crippen molar-refractivity contribution in [3.63, 3.8) is 0 Å². The number of nitrogens with zero attached hydrogens (tertiary/aromatic N) is 3. The number of halogens is 1. The molecule has 4 rings (SSSR count). The van der Waals surface area contributed by atoms with E-state index >= 15 is 0 Å². The zero-order valence-electron chi connectivity index (χ0n) is 15.3. The molecule has 1 unspecified atom stereocenters. The van der Waals surface area contributed by atoms with Crippen molar-refractivity contribution < 1.29 is 4.79 Å². The zero-order chi connectivity index (χ0) is 19.0. The van der Waals surface area contributed by atoms with Gasteiger partial charge in [-0.15, -0.1) is 0 Å². The number of ketones is 1. The number of para-hydroxylation sites is 1. The monoisotopic (exact) mass is 421 g/mol. The lowest BCUT2D eigenvalue weighted by molar-refractivity contribution is 0.0884. The summed E-state index contributed by atoms with van der Waals surface area (Å²) in [6, 6.07) is 17.8. The molecule has 2 aromatic carbocycles. The van der Waals surface area contributed by atoms with Crippen LogP contribution in [0.15, 0.2) is 70.3 Å². The summed E-state index contributed by atoms with van der Waals surface area (Å²) in [6.07, 6.45) is 4.03. The number of carbonyl (C=O) groups is 1. The lowest BCUT2D eigenvalue weighted by Crippen LogP contribution is -2.32. The molecule has 0 N–H and O–H groups in total. The normalized spacial score (nSPS) is 18.6. The number of aliphatic imine (C=N–C) groups is 1. The number of carbonyl (C=O) groups excluding carboxylic acids is 1. The summed E-state index contributed by atoms with van der Waals surface area (Å²) < 4.78 is 2.89. The van der Waals surface area contributed by atoms with Crippen LogP contribution in [0.1, 0.15) is 47.9 Å². The Morgan fingerprint density at radius 1 is 1.15 bits per heavy atom. The molecule has 136 valence electrons. The third-order valence-electron chi connectivity index (χ3n) is 4.97. The van der Waals surface area contributed by atoms with E-state index in [1.165, 1.54) is 0 Å². The van der Waals surface area contributed by atoms with E-state index in [9.17, 15) is 4.79 Å². The number of Topliss-reactive ketones (excluding diaryl/α,β-unsaturated/α-hetero) is 1. The molecule has 1 aliphatic carbocycles. The van der Waals surface area contributed by atoms with Gasteiger partial charge in [0.2, 0.25) is 0 Å². The fourth-order valence-electron chi connectivity index (χ4n) is 3.57. The van der Waals surface area contributed by atoms with Crippen LogP contribution in [0.25, 0.3) is 5.69 Å². The maximum atomic E-state index is 12.7. The van der Waals surface area contributed by atoms with E-state index in [-0.39, 0.29) is 17.2 Å². The van der Waals surface area contributed by atoms with Crippen LogP contribution in [-0.2, 0) is 0 Å². The fraction of sp³-hybridized carbons (Fsp3) is 0.227. The van der Waals surface area contributed by atoms with Gasteiger partial charge in [-0.3, -0.25) is 9.79 Å². The Kier molecular flexibility index (Phi) is 4.56. The van der Waals surface area contributed by atoms with Crippen molar-refractivity contribution in [2.75, 3.05) is 0 Å². The molecule has 0 bridgehead atoms. The molecule has 0 aliphatic heterocycles. The van der Waals surface area contributed by atoms with Crippen LogP contribution in [0.3, 0.4) is 0 Å². The Balaban J connectivity index is 1.81. The first-order chi connectivity index (χ1) is 13.0. The zero-order valence-corrected chi connectivity index (χ0v) is 16.8. The van der Waals surface area contributed by atoms with Crippen molar-refractivity contribution in [3.05, 3.63) is 82.1 Å². The van der Waals surface area contributed by atoms with Crippen LogP contribution in [0.4, 0.5) is 0 Å². The van der Waals surface area contributed by atoms with E-state index in [0.29, 0.717) is 12.0 Å². The molecule has 4 nitrogen and oxygen atoms in total. The van der Waals surface area contributed by atoms with Gasteiger partial charge in [0.05, 0.1) is 29.2 Å². The molecule has 0 fully saturated rings. The van der Waals surface area contributed by atoms with Crippen molar-refractivity contribution in [3.8, 4) is 5.69 Å². The van der Waals surface area contributed by atoms with E-state index in [0.717, 1.165) is 21.4 Å². The molecule has 1 atom stereocenters. The van der Waals surface area contributed by atoms with Crippen LogP contribution in [-0.4, -0.2) is 21.8 Å². The highest BCUT2D eigenvalue weighted by Gasteiger charge is 2.42. The SMILES string of the molecule is CC1(C)CC(=O)c2cnn(-c3ccccc3)c2C1N=Cc1ccc(Br)cc1. The number of aromatic nitrogens is 2. The quantitative estimate of drug-likeness (QED) is 0.530. The van der Waals surface area contributed by atoms with Crippen molar-refractivity contribution >= 4 is 27.9 Å². The molecule has 0 spiro atoms. The van der Waals surface area contributed by atoms with Gasteiger partial charge in [-0.2, -0.15) is 5.10 Å². The first kappa shape index (κ1) is 17.9. The highest BCUT2D eigenvalue weighted by Crippen LogP contribution is 2.46. The van der Waals surface area contributed by atoms with Crippen LogP contribution in [0.2, 0.25) is 0 Å². The van der Waals surface area contributed by atoms with E-state index in [2.05, 4.69) is 34.9 Å². The molecule has 0 saturated carbocycles. The maximum absolute atomic E-state index is 12.7. The predicted molar refractivity (Wildman–Crippen MR) is 111 cm³/mol. The molecule has 1 heterocycles. The molecule has 1 aliphatic rings. The van der Waals surface area contributed by atoms with Gasteiger partial charge in [-0.1, -0.05) is 60.1 Å². The summed E-state index contributed by atoms with van der Waals surface area (Å²) >= 11 is 3.46. The number of rotatable bonds is 3. The topological polar surface area (TPSA) is 47.2 Å². The Hall–Kier alpha value is -2.53. The van der Waals surface area contributed by atoms with Crippen molar-refractivity contribution in [1.82, 2.24) is 9.78 Å². The van der Waals surface area contributed by atoms with E-state index in [4.69, 9.17) is 4.99 Å². The van der Waals surface area contributed by atoms with Crippen molar-refractivity contribution in [2.45, 2.75) is 26.3 Å². The van der Waals surface area contributed by atoms with Gasteiger partial charge in [-0.05, 0) is 29.8 Å². The fourth-order valence-corrected chi connectivity index (χ4v) is 3.83. The molecule has 27 heavy (non-hydrogen) atoms. The van der Waals surface area contributed by atoms with Crippen LogP contribution < -0.4 is 0 Å². The third-order valence-corrected chi connectivity index (χ3v) is 5.49. The van der Waals surface area contributed by atoms with E-state index < -0.39 is 0 Å². The average Bonchev–Trinajstić information content (AvgIpc) is 3.08. The lowest BCUT2D eigenvalue weighted by atomic mass is 9.72. The summed E-state index contributed by atoms with van der Waals surface area (Å²) in [7, 11) is 0. The lowest BCUT2D eigenvalue weighted by Gasteiger charge is -2.35. The molecular weight excluding hydrogens is 402 g/mol. The summed E-state index contributed by atoms with van der Waals surface area (Å²) in [6.45, 7) is 4.19. The minimum absolute atomic E-state index is 0.132. The molecule has 0 radical (unpaired) electrons. The van der Waals surface area contributed by atoms with E-state index in [1.54, 1.807) is 6.20 Å². The number of hydrogen-bond donors (Lipinski definition) is 0. The average molecular weight is 422 g/mol. The van der Waals surface area contributed by atoms with Gasteiger partial charge >= 0.3 is 0 Å². The van der Waals surface area contributed by atoms with Crippen LogP contribution >= 0.6 is 15.9 Å². The molecule has 3 aromatic rings. The Bertz CT molecular complexity index is 1000. The maximum Gasteiger partial charge on any atom is 0.167 e. The molecule has 1 aromatic heterocycles. The molecule has 5 heteroatoms. The minimum atomic E-state index is -0.289. The van der Waals surface area contributed by atoms with Gasteiger partial charge < -0.3 is 0 Å².